The Morgan fingerprint density at radius 2 is 1.79 bits per heavy atom. The van der Waals surface area contributed by atoms with Crippen LogP contribution in [-0.4, -0.2) is 66.5 Å². The maximum absolute atomic E-state index is 13.9. The molecule has 3 aliphatic rings. The molecule has 2 saturated carbocycles. The van der Waals surface area contributed by atoms with Gasteiger partial charge in [-0.3, -0.25) is 9.59 Å². The van der Waals surface area contributed by atoms with Gasteiger partial charge in [0.2, 0.25) is 11.8 Å². The van der Waals surface area contributed by atoms with E-state index < -0.39 is 23.6 Å². The van der Waals surface area contributed by atoms with Crippen molar-refractivity contribution in [1.82, 2.24) is 30.2 Å². The molecule has 10 nitrogen and oxygen atoms in total. The molecular formula is C29H38N6O4. The van der Waals surface area contributed by atoms with Gasteiger partial charge in [0, 0.05) is 37.0 Å². The molecular weight excluding hydrogens is 496 g/mol. The molecule has 208 valence electrons. The highest BCUT2D eigenvalue weighted by Gasteiger charge is 2.46. The predicted octanol–water partition coefficient (Wildman–Crippen LogP) is 3.69. The number of oxazole rings is 1. The Morgan fingerprint density at radius 3 is 2.49 bits per heavy atom. The second-order valence-electron chi connectivity index (χ2n) is 12.6. The van der Waals surface area contributed by atoms with Crippen molar-refractivity contribution in [2.45, 2.75) is 102 Å². The molecule has 3 fully saturated rings. The fourth-order valence-corrected chi connectivity index (χ4v) is 6.17. The van der Waals surface area contributed by atoms with Gasteiger partial charge in [0.25, 0.3) is 0 Å². The highest BCUT2D eigenvalue weighted by Crippen LogP contribution is 2.40. The van der Waals surface area contributed by atoms with E-state index in [0.29, 0.717) is 5.92 Å². The number of β-amino-alcohol motifs (C(OH)–C–C–N with tert-alkyl or cyclic N) is 1. The van der Waals surface area contributed by atoms with Gasteiger partial charge in [-0.1, -0.05) is 38.1 Å². The van der Waals surface area contributed by atoms with Crippen LogP contribution in [0.5, 0.6) is 0 Å². The van der Waals surface area contributed by atoms with Gasteiger partial charge in [-0.15, -0.1) is 5.10 Å². The highest BCUT2D eigenvalue weighted by molar-refractivity contribution is 5.90. The number of para-hydroxylation sites is 2. The molecule has 3 aromatic rings. The van der Waals surface area contributed by atoms with Crippen LogP contribution in [0.4, 0.5) is 0 Å². The maximum atomic E-state index is 13.9. The van der Waals surface area contributed by atoms with E-state index in [1.54, 1.807) is 9.58 Å². The topological polar surface area (TPSA) is 126 Å². The SMILES string of the molecule is CC(C)(C)[C@@H](C(=O)N1CC(O)CC1C(=O)NC1CCC(c2nc3ccccc3o2)CC1)n1cc(C2CC2)nn1. The van der Waals surface area contributed by atoms with E-state index in [4.69, 9.17) is 4.42 Å². The van der Waals surface area contributed by atoms with Gasteiger partial charge in [0.1, 0.15) is 17.6 Å². The predicted molar refractivity (Wildman–Crippen MR) is 144 cm³/mol. The Balaban J connectivity index is 1.11. The van der Waals surface area contributed by atoms with Crippen molar-refractivity contribution in [2.24, 2.45) is 5.41 Å². The first kappa shape index (κ1) is 26.0. The normalized spacial score (nSPS) is 26.6. The third-order valence-corrected chi connectivity index (χ3v) is 8.44. The third-order valence-electron chi connectivity index (χ3n) is 8.44. The Morgan fingerprint density at radius 1 is 1.08 bits per heavy atom. The van der Waals surface area contributed by atoms with E-state index >= 15 is 0 Å². The molecule has 39 heavy (non-hydrogen) atoms. The zero-order chi connectivity index (χ0) is 27.3. The van der Waals surface area contributed by atoms with Crippen LogP contribution in [-0.2, 0) is 9.59 Å². The van der Waals surface area contributed by atoms with Gasteiger partial charge in [-0.25, -0.2) is 9.67 Å². The average molecular weight is 535 g/mol. The van der Waals surface area contributed by atoms with Gasteiger partial charge in [0.05, 0.1) is 11.8 Å². The molecule has 2 unspecified atom stereocenters. The summed E-state index contributed by atoms with van der Waals surface area (Å²) < 4.78 is 7.64. The fraction of sp³-hybridized carbons (Fsp3) is 0.621. The second kappa shape index (κ2) is 10.0. The minimum absolute atomic E-state index is 0.0163. The number of rotatable bonds is 6. The molecule has 2 aliphatic carbocycles. The number of fused-ring (bicyclic) bond motifs is 1. The molecule has 0 bridgehead atoms. The molecule has 1 saturated heterocycles. The lowest BCUT2D eigenvalue weighted by molar-refractivity contribution is -0.144. The van der Waals surface area contributed by atoms with E-state index in [-0.39, 0.29) is 36.7 Å². The molecule has 2 N–H and O–H groups in total. The Bertz CT molecular complexity index is 1310. The van der Waals surface area contributed by atoms with Crippen molar-refractivity contribution in [3.8, 4) is 0 Å². The Labute approximate surface area is 228 Å². The Kier molecular flexibility index (Phi) is 6.69. The van der Waals surface area contributed by atoms with E-state index in [0.717, 1.165) is 61.2 Å². The zero-order valence-electron chi connectivity index (χ0n) is 22.9. The van der Waals surface area contributed by atoms with Gasteiger partial charge < -0.3 is 19.7 Å². The van der Waals surface area contributed by atoms with Crippen molar-refractivity contribution in [3.63, 3.8) is 0 Å². The van der Waals surface area contributed by atoms with Crippen LogP contribution in [0.2, 0.25) is 0 Å². The summed E-state index contributed by atoms with van der Waals surface area (Å²) in [4.78, 5) is 33.6. The van der Waals surface area contributed by atoms with E-state index in [1.165, 1.54) is 0 Å². The number of carbonyl (C=O) groups excluding carboxylic acids is 2. The van der Waals surface area contributed by atoms with Gasteiger partial charge in [0.15, 0.2) is 11.5 Å². The van der Waals surface area contributed by atoms with Crippen LogP contribution in [0.25, 0.3) is 11.1 Å². The summed E-state index contributed by atoms with van der Waals surface area (Å²) in [5, 5.41) is 22.3. The van der Waals surface area contributed by atoms with Gasteiger partial charge in [-0.2, -0.15) is 0 Å². The van der Waals surface area contributed by atoms with Gasteiger partial charge >= 0.3 is 0 Å². The number of aliphatic hydroxyl groups excluding tert-OH is 1. The van der Waals surface area contributed by atoms with Crippen LogP contribution < -0.4 is 5.32 Å². The van der Waals surface area contributed by atoms with Crippen molar-refractivity contribution in [2.75, 3.05) is 6.54 Å². The first-order valence-electron chi connectivity index (χ1n) is 14.2. The summed E-state index contributed by atoms with van der Waals surface area (Å²) >= 11 is 0. The van der Waals surface area contributed by atoms with E-state index in [1.807, 2.05) is 51.2 Å². The standard InChI is InChI=1S/C29H38N6O4/c1-29(2,3)25(35-16-22(32-33-35)17-8-9-17)28(38)34-15-20(36)14-23(34)26(37)30-19-12-10-18(11-13-19)27-31-21-6-4-5-7-24(21)39-27/h4-7,16-20,23,25,36H,8-15H2,1-3H3,(H,30,37)/t18?,19?,20?,23?,25-/m1/s1. The number of nitrogens with zero attached hydrogens (tertiary/aromatic N) is 5. The molecule has 1 aliphatic heterocycles. The first-order valence-corrected chi connectivity index (χ1v) is 14.2. The first-order chi connectivity index (χ1) is 18.7. The summed E-state index contributed by atoms with van der Waals surface area (Å²) in [6.45, 7) is 6.11. The molecule has 1 aromatic carbocycles. The van der Waals surface area contributed by atoms with Crippen LogP contribution >= 0.6 is 0 Å². The van der Waals surface area contributed by atoms with Crippen LogP contribution in [0.3, 0.4) is 0 Å². The lowest BCUT2D eigenvalue weighted by Crippen LogP contribution is -2.52. The lowest BCUT2D eigenvalue weighted by atomic mass is 9.85. The second-order valence-corrected chi connectivity index (χ2v) is 12.6. The van der Waals surface area contributed by atoms with E-state index in [2.05, 4.69) is 20.6 Å². The summed E-state index contributed by atoms with van der Waals surface area (Å²) in [5.41, 5.74) is 2.14. The fourth-order valence-electron chi connectivity index (χ4n) is 6.17. The highest BCUT2D eigenvalue weighted by atomic mass is 16.3. The van der Waals surface area contributed by atoms with Crippen molar-refractivity contribution in [1.29, 1.82) is 0 Å². The van der Waals surface area contributed by atoms with E-state index in [9.17, 15) is 14.7 Å². The van der Waals surface area contributed by atoms with Crippen LogP contribution in [0, 0.1) is 5.41 Å². The number of aromatic nitrogens is 4. The van der Waals surface area contributed by atoms with Crippen molar-refractivity contribution >= 4 is 22.9 Å². The number of carbonyl (C=O) groups is 2. The minimum atomic E-state index is -0.738. The number of amides is 2. The molecule has 3 atom stereocenters. The molecule has 6 rings (SSSR count). The maximum Gasteiger partial charge on any atom is 0.248 e. The molecule has 2 amide bonds. The monoisotopic (exact) mass is 534 g/mol. The van der Waals surface area contributed by atoms with Crippen LogP contribution in [0.1, 0.15) is 95.2 Å². The summed E-state index contributed by atoms with van der Waals surface area (Å²) in [6, 6.07) is 6.47. The lowest BCUT2D eigenvalue weighted by Gasteiger charge is -2.35. The summed E-state index contributed by atoms with van der Waals surface area (Å²) in [6.07, 6.45) is 6.94. The molecule has 3 heterocycles. The number of hydrogen-bond acceptors (Lipinski definition) is 7. The van der Waals surface area contributed by atoms with Gasteiger partial charge in [-0.05, 0) is 56.1 Å². The van der Waals surface area contributed by atoms with Crippen molar-refractivity contribution in [3.05, 3.63) is 42.0 Å². The number of nitrogens with one attached hydrogen (secondary N) is 1. The summed E-state index contributed by atoms with van der Waals surface area (Å²) in [5.74, 6) is 1.02. The molecule has 2 aromatic heterocycles. The van der Waals surface area contributed by atoms with Crippen LogP contribution in [0.15, 0.2) is 34.9 Å². The number of aliphatic hydroxyl groups is 1. The molecule has 10 heteroatoms. The Hall–Kier alpha value is -3.27. The van der Waals surface area contributed by atoms with Crippen molar-refractivity contribution < 1.29 is 19.1 Å². The smallest absolute Gasteiger partial charge is 0.248 e. The molecule has 0 radical (unpaired) electrons. The summed E-state index contributed by atoms with van der Waals surface area (Å²) in [7, 11) is 0. The number of benzene rings is 1. The number of hydrogen-bond donors (Lipinski definition) is 2. The average Bonchev–Trinajstić information content (AvgIpc) is 3.29. The quantitative estimate of drug-likeness (QED) is 0.494. The minimum Gasteiger partial charge on any atom is -0.440 e. The third kappa shape index (κ3) is 5.31. The number of likely N-dealkylation sites (tertiary alicyclic amines) is 1. The zero-order valence-corrected chi connectivity index (χ0v) is 22.9. The molecule has 0 spiro atoms. The largest absolute Gasteiger partial charge is 0.440 e.